The summed E-state index contributed by atoms with van der Waals surface area (Å²) in [4.78, 5) is 16.0. The number of primary sulfonamides is 1. The van der Waals surface area contributed by atoms with Gasteiger partial charge in [0.2, 0.25) is 10.0 Å². The minimum absolute atomic E-state index is 0.0717. The SMILES string of the molecule is CN(C)[C@@H]1CS(=O)(=O)[C@H]2CN(C(=O)c3ccc(S(N)(=O)=O)cc3)C[C@@H]12. The summed E-state index contributed by atoms with van der Waals surface area (Å²) in [6.45, 7) is 0.551. The predicted octanol–water partition coefficient (Wildman–Crippen LogP) is -0.867. The van der Waals surface area contributed by atoms with Gasteiger partial charge in [-0.25, -0.2) is 22.0 Å². The van der Waals surface area contributed by atoms with E-state index < -0.39 is 25.1 Å². The van der Waals surface area contributed by atoms with Gasteiger partial charge in [-0.15, -0.1) is 0 Å². The second-order valence-corrected chi connectivity index (χ2v) is 10.7. The Morgan fingerprint density at radius 2 is 1.80 bits per heavy atom. The molecule has 0 aliphatic carbocycles. The van der Waals surface area contributed by atoms with Gasteiger partial charge in [0.05, 0.1) is 15.9 Å². The van der Waals surface area contributed by atoms with E-state index in [1.165, 1.54) is 29.2 Å². The molecule has 0 spiro atoms. The number of hydrogen-bond acceptors (Lipinski definition) is 6. The number of rotatable bonds is 3. The molecule has 3 rings (SSSR count). The summed E-state index contributed by atoms with van der Waals surface area (Å²) >= 11 is 0. The van der Waals surface area contributed by atoms with Crippen molar-refractivity contribution in [3.63, 3.8) is 0 Å². The predicted molar refractivity (Wildman–Crippen MR) is 92.3 cm³/mol. The van der Waals surface area contributed by atoms with Crippen molar-refractivity contribution in [3.05, 3.63) is 29.8 Å². The Bertz CT molecular complexity index is 894. The summed E-state index contributed by atoms with van der Waals surface area (Å²) < 4.78 is 47.3. The molecule has 1 aromatic carbocycles. The van der Waals surface area contributed by atoms with E-state index in [0.29, 0.717) is 12.1 Å². The third kappa shape index (κ3) is 3.31. The van der Waals surface area contributed by atoms with Crippen molar-refractivity contribution in [1.29, 1.82) is 0 Å². The zero-order valence-electron chi connectivity index (χ0n) is 14.0. The summed E-state index contributed by atoms with van der Waals surface area (Å²) in [5.41, 5.74) is 0.311. The van der Waals surface area contributed by atoms with Gasteiger partial charge < -0.3 is 9.80 Å². The Balaban J connectivity index is 1.81. The van der Waals surface area contributed by atoms with E-state index in [9.17, 15) is 21.6 Å². The Kier molecular flexibility index (Phi) is 4.43. The molecule has 0 aromatic heterocycles. The van der Waals surface area contributed by atoms with Crippen molar-refractivity contribution in [2.45, 2.75) is 16.2 Å². The first-order valence-corrected chi connectivity index (χ1v) is 11.1. The van der Waals surface area contributed by atoms with Gasteiger partial charge in [0, 0.05) is 30.6 Å². The van der Waals surface area contributed by atoms with Crippen molar-refractivity contribution in [2.75, 3.05) is 32.9 Å². The van der Waals surface area contributed by atoms with Crippen LogP contribution in [0.1, 0.15) is 10.4 Å². The Morgan fingerprint density at radius 1 is 1.20 bits per heavy atom. The largest absolute Gasteiger partial charge is 0.337 e. The lowest BCUT2D eigenvalue weighted by Crippen LogP contribution is -2.38. The van der Waals surface area contributed by atoms with E-state index >= 15 is 0 Å². The van der Waals surface area contributed by atoms with E-state index in [-0.39, 0.29) is 35.1 Å². The van der Waals surface area contributed by atoms with Crippen LogP contribution in [-0.2, 0) is 19.9 Å². The maximum atomic E-state index is 12.7. The maximum Gasteiger partial charge on any atom is 0.253 e. The number of carbonyl (C=O) groups is 1. The number of sulfone groups is 1. The smallest absolute Gasteiger partial charge is 0.253 e. The molecule has 2 N–H and O–H groups in total. The molecule has 0 saturated carbocycles. The topological polar surface area (TPSA) is 118 Å². The van der Waals surface area contributed by atoms with E-state index in [2.05, 4.69) is 0 Å². The lowest BCUT2D eigenvalue weighted by atomic mass is 10.00. The molecule has 25 heavy (non-hydrogen) atoms. The van der Waals surface area contributed by atoms with Crippen molar-refractivity contribution < 1.29 is 21.6 Å². The highest BCUT2D eigenvalue weighted by atomic mass is 32.2. The average molecular weight is 387 g/mol. The number of nitrogens with two attached hydrogens (primary N) is 1. The zero-order chi connectivity index (χ0) is 18.6. The third-order valence-corrected chi connectivity index (χ3v) is 8.20. The first-order chi connectivity index (χ1) is 11.5. The standard InChI is InChI=1S/C15H21N3O5S2/c1-17(2)13-9-24(20,21)14-8-18(7-12(13)14)15(19)10-3-5-11(6-4-10)25(16,22)23/h3-6,12-14H,7-9H2,1-2H3,(H2,16,22,23)/t12-,13+,14-/m0/s1. The fraction of sp³-hybridized carbons (Fsp3) is 0.533. The zero-order valence-corrected chi connectivity index (χ0v) is 15.6. The highest BCUT2D eigenvalue weighted by molar-refractivity contribution is 7.92. The van der Waals surface area contributed by atoms with Gasteiger partial charge in [-0.2, -0.15) is 0 Å². The molecule has 2 fully saturated rings. The van der Waals surface area contributed by atoms with Crippen LogP contribution in [0.3, 0.4) is 0 Å². The molecule has 10 heteroatoms. The molecular weight excluding hydrogens is 366 g/mol. The molecule has 2 aliphatic heterocycles. The monoisotopic (exact) mass is 387 g/mol. The van der Waals surface area contributed by atoms with Crippen LogP contribution in [0.4, 0.5) is 0 Å². The van der Waals surface area contributed by atoms with E-state index in [1.54, 1.807) is 0 Å². The van der Waals surface area contributed by atoms with Crippen LogP contribution in [0, 0.1) is 5.92 Å². The summed E-state index contributed by atoms with van der Waals surface area (Å²) in [5.74, 6) is -0.281. The molecule has 2 aliphatic rings. The minimum Gasteiger partial charge on any atom is -0.337 e. The summed E-state index contributed by atoms with van der Waals surface area (Å²) in [5, 5.41) is 4.51. The second-order valence-electron chi connectivity index (χ2n) is 6.84. The highest BCUT2D eigenvalue weighted by Crippen LogP contribution is 2.36. The minimum atomic E-state index is -3.82. The molecule has 3 atom stereocenters. The highest BCUT2D eigenvalue weighted by Gasteiger charge is 2.53. The average Bonchev–Trinajstić information content (AvgIpc) is 3.05. The van der Waals surface area contributed by atoms with Gasteiger partial charge in [0.15, 0.2) is 9.84 Å². The van der Waals surface area contributed by atoms with Gasteiger partial charge in [-0.05, 0) is 38.4 Å². The molecule has 0 unspecified atom stereocenters. The molecule has 138 valence electrons. The number of amides is 1. The lowest BCUT2D eigenvalue weighted by Gasteiger charge is -2.25. The molecular formula is C15H21N3O5S2. The van der Waals surface area contributed by atoms with Crippen LogP contribution < -0.4 is 5.14 Å². The Morgan fingerprint density at radius 3 is 2.32 bits per heavy atom. The summed E-state index contributed by atoms with van der Waals surface area (Å²) in [6, 6.07) is 5.25. The molecule has 0 radical (unpaired) electrons. The van der Waals surface area contributed by atoms with Crippen LogP contribution >= 0.6 is 0 Å². The molecule has 2 heterocycles. The number of fused-ring (bicyclic) bond motifs is 1. The number of likely N-dealkylation sites (tertiary alicyclic amines) is 1. The number of sulfonamides is 1. The number of nitrogens with zero attached hydrogens (tertiary/aromatic N) is 2. The Labute approximate surface area is 147 Å². The number of carbonyl (C=O) groups excluding carboxylic acids is 1. The molecule has 0 bridgehead atoms. The lowest BCUT2D eigenvalue weighted by molar-refractivity contribution is 0.0779. The number of benzene rings is 1. The first-order valence-electron chi connectivity index (χ1n) is 7.81. The van der Waals surface area contributed by atoms with Crippen molar-refractivity contribution in [2.24, 2.45) is 11.1 Å². The molecule has 8 nitrogen and oxygen atoms in total. The van der Waals surface area contributed by atoms with Gasteiger partial charge in [-0.3, -0.25) is 4.79 Å². The van der Waals surface area contributed by atoms with Crippen molar-refractivity contribution in [3.8, 4) is 0 Å². The van der Waals surface area contributed by atoms with E-state index in [4.69, 9.17) is 5.14 Å². The normalized spacial score (nSPS) is 28.3. The van der Waals surface area contributed by atoms with Gasteiger partial charge in [-0.1, -0.05) is 0 Å². The fourth-order valence-corrected chi connectivity index (χ4v) is 6.69. The first kappa shape index (κ1) is 18.3. The maximum absolute atomic E-state index is 12.7. The molecule has 1 aromatic rings. The van der Waals surface area contributed by atoms with Crippen LogP contribution in [0.2, 0.25) is 0 Å². The van der Waals surface area contributed by atoms with Crippen molar-refractivity contribution >= 4 is 25.8 Å². The van der Waals surface area contributed by atoms with Gasteiger partial charge in [0.1, 0.15) is 0 Å². The summed E-state index contributed by atoms with van der Waals surface area (Å²) in [6.07, 6.45) is 0. The fourth-order valence-electron chi connectivity index (χ4n) is 3.70. The van der Waals surface area contributed by atoms with Crippen LogP contribution in [-0.4, -0.2) is 76.8 Å². The number of hydrogen-bond donors (Lipinski definition) is 1. The van der Waals surface area contributed by atoms with Gasteiger partial charge in [0.25, 0.3) is 5.91 Å². The van der Waals surface area contributed by atoms with Crippen LogP contribution in [0.15, 0.2) is 29.2 Å². The van der Waals surface area contributed by atoms with E-state index in [1.807, 2.05) is 19.0 Å². The Hall–Kier alpha value is -1.49. The van der Waals surface area contributed by atoms with Gasteiger partial charge >= 0.3 is 0 Å². The quantitative estimate of drug-likeness (QED) is 0.721. The second kappa shape index (κ2) is 6.04. The third-order valence-electron chi connectivity index (χ3n) is 5.05. The van der Waals surface area contributed by atoms with Crippen LogP contribution in [0.25, 0.3) is 0 Å². The van der Waals surface area contributed by atoms with Crippen LogP contribution in [0.5, 0.6) is 0 Å². The van der Waals surface area contributed by atoms with Crippen molar-refractivity contribution in [1.82, 2.24) is 9.80 Å². The molecule has 1 amide bonds. The summed E-state index contributed by atoms with van der Waals surface area (Å²) in [7, 11) is -3.35. The molecule has 2 saturated heterocycles. The van der Waals surface area contributed by atoms with E-state index in [0.717, 1.165) is 0 Å².